The minimum atomic E-state index is 0.571. The van der Waals surface area contributed by atoms with Gasteiger partial charge in [0.05, 0.1) is 0 Å². The van der Waals surface area contributed by atoms with Crippen molar-refractivity contribution in [1.82, 2.24) is 10.3 Å². The van der Waals surface area contributed by atoms with Gasteiger partial charge < -0.3 is 10.6 Å². The van der Waals surface area contributed by atoms with E-state index >= 15 is 0 Å². The van der Waals surface area contributed by atoms with Crippen molar-refractivity contribution in [3.05, 3.63) is 22.3 Å². The summed E-state index contributed by atoms with van der Waals surface area (Å²) >= 11 is 8.56. The van der Waals surface area contributed by atoms with Crippen LogP contribution in [0.25, 0.3) is 0 Å². The molecule has 2 rings (SSSR count). The standard InChI is InChI=1S/C10H12BrN3S/c1-6-4-9(12-5-8(6)11)14-10(15)13-7-2-3-7/h4-5,7H,2-3H2,1H3,(H2,12,13,14,15). The zero-order chi connectivity index (χ0) is 10.8. The SMILES string of the molecule is Cc1cc(NC(=S)NC2CC2)ncc1Br. The molecular formula is C10H12BrN3S. The molecule has 1 saturated carbocycles. The third-order valence-corrected chi connectivity index (χ3v) is 3.25. The predicted octanol–water partition coefficient (Wildman–Crippen LogP) is 2.60. The summed E-state index contributed by atoms with van der Waals surface area (Å²) in [7, 11) is 0. The highest BCUT2D eigenvalue weighted by Crippen LogP contribution is 2.19. The number of halogens is 1. The Morgan fingerprint density at radius 2 is 2.33 bits per heavy atom. The number of nitrogens with zero attached hydrogens (tertiary/aromatic N) is 1. The monoisotopic (exact) mass is 285 g/mol. The summed E-state index contributed by atoms with van der Waals surface area (Å²) < 4.78 is 1.01. The summed E-state index contributed by atoms with van der Waals surface area (Å²) in [5.74, 6) is 0.786. The fraction of sp³-hybridized carbons (Fsp3) is 0.400. The molecule has 0 saturated heterocycles. The fourth-order valence-electron chi connectivity index (χ4n) is 1.17. The minimum Gasteiger partial charge on any atom is -0.360 e. The number of anilines is 1. The van der Waals surface area contributed by atoms with Crippen LogP contribution in [0.2, 0.25) is 0 Å². The first-order chi connectivity index (χ1) is 7.15. The van der Waals surface area contributed by atoms with Crippen molar-refractivity contribution in [3.8, 4) is 0 Å². The summed E-state index contributed by atoms with van der Waals surface area (Å²) in [6.45, 7) is 2.02. The van der Waals surface area contributed by atoms with Crippen molar-refractivity contribution in [1.29, 1.82) is 0 Å². The molecule has 0 radical (unpaired) electrons. The number of thiocarbonyl (C=S) groups is 1. The number of nitrogens with one attached hydrogen (secondary N) is 2. The quantitative estimate of drug-likeness (QED) is 0.819. The van der Waals surface area contributed by atoms with E-state index in [1.165, 1.54) is 12.8 Å². The molecule has 2 N–H and O–H groups in total. The average Bonchev–Trinajstić information content (AvgIpc) is 2.95. The summed E-state index contributed by atoms with van der Waals surface area (Å²) in [4.78, 5) is 4.22. The summed E-state index contributed by atoms with van der Waals surface area (Å²) in [5, 5.41) is 6.93. The number of aryl methyl sites for hydroxylation is 1. The molecule has 0 aromatic carbocycles. The Labute approximate surface area is 103 Å². The predicted molar refractivity (Wildman–Crippen MR) is 69.1 cm³/mol. The largest absolute Gasteiger partial charge is 0.360 e. The second-order valence-electron chi connectivity index (χ2n) is 3.69. The zero-order valence-electron chi connectivity index (χ0n) is 8.38. The molecule has 3 nitrogen and oxygen atoms in total. The van der Waals surface area contributed by atoms with Gasteiger partial charge in [0, 0.05) is 16.7 Å². The first-order valence-corrected chi connectivity index (χ1v) is 6.05. The van der Waals surface area contributed by atoms with Gasteiger partial charge in [-0.2, -0.15) is 0 Å². The molecule has 1 fully saturated rings. The molecule has 0 atom stereocenters. The van der Waals surface area contributed by atoms with Crippen LogP contribution in [-0.2, 0) is 0 Å². The van der Waals surface area contributed by atoms with Crippen molar-refractivity contribution in [2.45, 2.75) is 25.8 Å². The highest BCUT2D eigenvalue weighted by Gasteiger charge is 2.21. The van der Waals surface area contributed by atoms with Crippen molar-refractivity contribution in [3.63, 3.8) is 0 Å². The lowest BCUT2D eigenvalue weighted by Crippen LogP contribution is -2.30. The lowest BCUT2D eigenvalue weighted by Gasteiger charge is -2.09. The van der Waals surface area contributed by atoms with Gasteiger partial charge >= 0.3 is 0 Å². The van der Waals surface area contributed by atoms with Gasteiger partial charge in [-0.05, 0) is 59.5 Å². The maximum absolute atomic E-state index is 5.15. The van der Waals surface area contributed by atoms with E-state index in [4.69, 9.17) is 12.2 Å². The molecular weight excluding hydrogens is 274 g/mol. The third-order valence-electron chi connectivity index (χ3n) is 2.20. The van der Waals surface area contributed by atoms with E-state index in [9.17, 15) is 0 Å². The molecule has 1 aliphatic carbocycles. The smallest absolute Gasteiger partial charge is 0.172 e. The summed E-state index contributed by atoms with van der Waals surface area (Å²) in [5.41, 5.74) is 1.14. The van der Waals surface area contributed by atoms with Gasteiger partial charge in [0.25, 0.3) is 0 Å². The normalized spacial score (nSPS) is 14.8. The van der Waals surface area contributed by atoms with Crippen molar-refractivity contribution >= 4 is 39.1 Å². The molecule has 1 aromatic heterocycles. The molecule has 0 unspecified atom stereocenters. The Morgan fingerprint density at radius 3 is 2.93 bits per heavy atom. The Balaban J connectivity index is 1.97. The van der Waals surface area contributed by atoms with E-state index in [0.29, 0.717) is 11.2 Å². The Morgan fingerprint density at radius 1 is 1.60 bits per heavy atom. The molecule has 0 bridgehead atoms. The second kappa shape index (κ2) is 4.45. The fourth-order valence-corrected chi connectivity index (χ4v) is 1.66. The van der Waals surface area contributed by atoms with Crippen LogP contribution in [0.3, 0.4) is 0 Å². The van der Waals surface area contributed by atoms with Crippen molar-refractivity contribution in [2.24, 2.45) is 0 Å². The van der Waals surface area contributed by atoms with Crippen molar-refractivity contribution in [2.75, 3.05) is 5.32 Å². The summed E-state index contributed by atoms with van der Waals surface area (Å²) in [6, 6.07) is 2.53. The molecule has 1 aliphatic rings. The van der Waals surface area contributed by atoms with E-state index in [1.807, 2.05) is 13.0 Å². The topological polar surface area (TPSA) is 37.0 Å². The van der Waals surface area contributed by atoms with Gasteiger partial charge in [0.15, 0.2) is 5.11 Å². The van der Waals surface area contributed by atoms with Gasteiger partial charge in [-0.15, -0.1) is 0 Å². The Hall–Kier alpha value is -0.680. The van der Waals surface area contributed by atoms with E-state index in [-0.39, 0.29) is 0 Å². The van der Waals surface area contributed by atoms with Crippen LogP contribution in [0.4, 0.5) is 5.82 Å². The van der Waals surface area contributed by atoms with Gasteiger partial charge in [-0.1, -0.05) is 0 Å². The molecule has 0 amide bonds. The van der Waals surface area contributed by atoms with Crippen LogP contribution < -0.4 is 10.6 Å². The van der Waals surface area contributed by atoms with E-state index in [2.05, 4.69) is 31.5 Å². The van der Waals surface area contributed by atoms with Gasteiger partial charge in [-0.25, -0.2) is 4.98 Å². The van der Waals surface area contributed by atoms with Crippen LogP contribution in [0.15, 0.2) is 16.7 Å². The minimum absolute atomic E-state index is 0.571. The Bertz CT molecular complexity index is 390. The molecule has 5 heteroatoms. The van der Waals surface area contributed by atoms with Crippen LogP contribution >= 0.6 is 28.1 Å². The molecule has 80 valence electrons. The van der Waals surface area contributed by atoms with E-state index in [0.717, 1.165) is 15.9 Å². The van der Waals surface area contributed by atoms with Gasteiger partial charge in [-0.3, -0.25) is 0 Å². The van der Waals surface area contributed by atoms with E-state index < -0.39 is 0 Å². The third kappa shape index (κ3) is 3.14. The lowest BCUT2D eigenvalue weighted by atomic mass is 10.3. The lowest BCUT2D eigenvalue weighted by molar-refractivity contribution is 0.918. The highest BCUT2D eigenvalue weighted by atomic mass is 79.9. The van der Waals surface area contributed by atoms with Crippen LogP contribution in [0.5, 0.6) is 0 Å². The average molecular weight is 286 g/mol. The maximum Gasteiger partial charge on any atom is 0.172 e. The number of hydrogen-bond acceptors (Lipinski definition) is 2. The zero-order valence-corrected chi connectivity index (χ0v) is 10.8. The first kappa shape index (κ1) is 10.8. The highest BCUT2D eigenvalue weighted by molar-refractivity contribution is 9.10. The molecule has 1 aromatic rings. The summed E-state index contributed by atoms with van der Waals surface area (Å²) in [6.07, 6.45) is 4.21. The second-order valence-corrected chi connectivity index (χ2v) is 4.95. The first-order valence-electron chi connectivity index (χ1n) is 4.85. The van der Waals surface area contributed by atoms with E-state index in [1.54, 1.807) is 6.20 Å². The number of aromatic nitrogens is 1. The van der Waals surface area contributed by atoms with Crippen LogP contribution in [0, 0.1) is 6.92 Å². The van der Waals surface area contributed by atoms with Gasteiger partial charge in [0.1, 0.15) is 5.82 Å². The number of hydrogen-bond donors (Lipinski definition) is 2. The number of rotatable bonds is 2. The molecule has 1 heterocycles. The molecule has 0 spiro atoms. The number of pyridine rings is 1. The van der Waals surface area contributed by atoms with Crippen molar-refractivity contribution < 1.29 is 0 Å². The van der Waals surface area contributed by atoms with Gasteiger partial charge in [0.2, 0.25) is 0 Å². The Kier molecular flexibility index (Phi) is 3.21. The molecule has 15 heavy (non-hydrogen) atoms. The maximum atomic E-state index is 5.15. The molecule has 0 aliphatic heterocycles. The van der Waals surface area contributed by atoms with Crippen LogP contribution in [0.1, 0.15) is 18.4 Å². The van der Waals surface area contributed by atoms with Crippen LogP contribution in [-0.4, -0.2) is 16.1 Å².